The monoisotopic (exact) mass is 277 g/mol. The lowest BCUT2D eigenvalue weighted by Gasteiger charge is -2.12. The van der Waals surface area contributed by atoms with Crippen LogP contribution in [0.3, 0.4) is 0 Å². The molecule has 0 saturated heterocycles. The Labute approximate surface area is 115 Å². The van der Waals surface area contributed by atoms with E-state index in [9.17, 15) is 9.90 Å². The highest BCUT2D eigenvalue weighted by Crippen LogP contribution is 2.31. The lowest BCUT2D eigenvalue weighted by Crippen LogP contribution is -2.08. The van der Waals surface area contributed by atoms with Crippen molar-refractivity contribution in [3.63, 3.8) is 0 Å². The van der Waals surface area contributed by atoms with Crippen molar-refractivity contribution in [2.75, 3.05) is 7.11 Å². The van der Waals surface area contributed by atoms with E-state index in [1.54, 1.807) is 16.7 Å². The number of para-hydroxylation sites is 1. The third kappa shape index (κ3) is 2.56. The van der Waals surface area contributed by atoms with Crippen LogP contribution in [0.25, 0.3) is 0 Å². The third-order valence-electron chi connectivity index (χ3n) is 2.96. The molecule has 1 heterocycles. The fourth-order valence-electron chi connectivity index (χ4n) is 1.71. The lowest BCUT2D eigenvalue weighted by molar-refractivity contribution is 0.0690. The fraction of sp³-hybridized carbons (Fsp3) is 0.308. The van der Waals surface area contributed by atoms with E-state index in [-0.39, 0.29) is 17.9 Å². The van der Waals surface area contributed by atoms with Gasteiger partial charge in [0, 0.05) is 7.05 Å². The highest BCUT2D eigenvalue weighted by molar-refractivity contribution is 5.92. The van der Waals surface area contributed by atoms with Gasteiger partial charge in [-0.3, -0.25) is 0 Å². The molecule has 20 heavy (non-hydrogen) atoms. The number of methoxy groups -OCH3 is 1. The van der Waals surface area contributed by atoms with Crippen LogP contribution < -0.4 is 9.47 Å². The first-order valence-corrected chi connectivity index (χ1v) is 5.92. The lowest BCUT2D eigenvalue weighted by atomic mass is 10.2. The number of hydrogen-bond acceptors (Lipinski definition) is 5. The molecule has 0 saturated carbocycles. The molecular formula is C13H15N3O4. The van der Waals surface area contributed by atoms with Crippen molar-refractivity contribution in [1.82, 2.24) is 14.8 Å². The molecule has 0 unspecified atom stereocenters. The number of carbonyl (C=O) groups is 1. The predicted molar refractivity (Wildman–Crippen MR) is 70.0 cm³/mol. The van der Waals surface area contributed by atoms with E-state index < -0.39 is 5.97 Å². The van der Waals surface area contributed by atoms with E-state index in [4.69, 9.17) is 9.47 Å². The maximum absolute atomic E-state index is 11.2. The van der Waals surface area contributed by atoms with Gasteiger partial charge >= 0.3 is 5.97 Å². The molecule has 1 aromatic carbocycles. The molecule has 106 valence electrons. The van der Waals surface area contributed by atoms with Crippen LogP contribution in [0.2, 0.25) is 0 Å². The summed E-state index contributed by atoms with van der Waals surface area (Å²) in [6.07, 6.45) is 0. The van der Waals surface area contributed by atoms with Crippen LogP contribution in [0.1, 0.15) is 22.0 Å². The van der Waals surface area contributed by atoms with Gasteiger partial charge in [0.25, 0.3) is 0 Å². The molecule has 0 fully saturated rings. The van der Waals surface area contributed by atoms with Crippen molar-refractivity contribution in [1.29, 1.82) is 0 Å². The quantitative estimate of drug-likeness (QED) is 0.889. The van der Waals surface area contributed by atoms with Gasteiger partial charge in [-0.1, -0.05) is 6.07 Å². The second-order valence-corrected chi connectivity index (χ2v) is 4.15. The molecule has 0 amide bonds. The summed E-state index contributed by atoms with van der Waals surface area (Å²) in [5.41, 5.74) is 0.0447. The number of carboxylic acids is 1. The van der Waals surface area contributed by atoms with Gasteiger partial charge in [0.1, 0.15) is 18.0 Å². The van der Waals surface area contributed by atoms with E-state index in [0.29, 0.717) is 11.6 Å². The summed E-state index contributed by atoms with van der Waals surface area (Å²) in [4.78, 5) is 11.2. The summed E-state index contributed by atoms with van der Waals surface area (Å²) in [5, 5.41) is 17.0. The smallest absolute Gasteiger partial charge is 0.339 e. The molecule has 2 rings (SSSR count). The average Bonchev–Trinajstić information content (AvgIpc) is 2.76. The van der Waals surface area contributed by atoms with Gasteiger partial charge in [0.15, 0.2) is 17.3 Å². The zero-order valence-electron chi connectivity index (χ0n) is 11.5. The molecule has 1 aromatic heterocycles. The Kier molecular flexibility index (Phi) is 3.88. The molecular weight excluding hydrogens is 262 g/mol. The van der Waals surface area contributed by atoms with E-state index in [1.165, 1.54) is 13.2 Å². The van der Waals surface area contributed by atoms with Crippen LogP contribution in [-0.2, 0) is 13.7 Å². The second-order valence-electron chi connectivity index (χ2n) is 4.15. The minimum Gasteiger partial charge on any atom is -0.493 e. The molecule has 0 atom stereocenters. The number of hydrogen-bond donors (Lipinski definition) is 1. The SMILES string of the molecule is COc1cccc(C(=O)O)c1OCc1nnc(C)n1C. The van der Waals surface area contributed by atoms with Crippen molar-refractivity contribution in [3.05, 3.63) is 35.4 Å². The van der Waals surface area contributed by atoms with Gasteiger partial charge in [-0.25, -0.2) is 4.79 Å². The van der Waals surface area contributed by atoms with Gasteiger partial charge in [-0.15, -0.1) is 10.2 Å². The highest BCUT2D eigenvalue weighted by atomic mass is 16.5. The maximum atomic E-state index is 11.2. The molecule has 0 bridgehead atoms. The number of rotatable bonds is 5. The number of aromatic carboxylic acids is 1. The topological polar surface area (TPSA) is 86.5 Å². The minimum absolute atomic E-state index is 0.0447. The molecule has 7 nitrogen and oxygen atoms in total. The summed E-state index contributed by atoms with van der Waals surface area (Å²) in [5.74, 6) is 0.826. The van der Waals surface area contributed by atoms with Crippen LogP contribution in [0.15, 0.2) is 18.2 Å². The Hall–Kier alpha value is -2.57. The van der Waals surface area contributed by atoms with Crippen molar-refractivity contribution in [3.8, 4) is 11.5 Å². The van der Waals surface area contributed by atoms with Gasteiger partial charge in [-0.2, -0.15) is 0 Å². The van der Waals surface area contributed by atoms with Crippen LogP contribution in [0.5, 0.6) is 11.5 Å². The molecule has 2 aromatic rings. The van der Waals surface area contributed by atoms with Crippen molar-refractivity contribution < 1.29 is 19.4 Å². The molecule has 0 aliphatic rings. The molecule has 0 spiro atoms. The number of nitrogens with zero attached hydrogens (tertiary/aromatic N) is 3. The number of benzene rings is 1. The summed E-state index contributed by atoms with van der Waals surface area (Å²) in [6.45, 7) is 1.93. The number of carboxylic acid groups (broad SMARTS) is 1. The van der Waals surface area contributed by atoms with Crippen molar-refractivity contribution >= 4 is 5.97 Å². The first kappa shape index (κ1) is 13.9. The molecule has 1 N–H and O–H groups in total. The standard InChI is InChI=1S/C13H15N3O4/c1-8-14-15-11(16(8)2)7-20-12-9(13(17)18)5-4-6-10(12)19-3/h4-6H,7H2,1-3H3,(H,17,18). The second kappa shape index (κ2) is 5.60. The predicted octanol–water partition coefficient (Wildman–Crippen LogP) is 1.41. The van der Waals surface area contributed by atoms with E-state index >= 15 is 0 Å². The van der Waals surface area contributed by atoms with E-state index in [0.717, 1.165) is 5.82 Å². The normalized spacial score (nSPS) is 10.3. The van der Waals surface area contributed by atoms with E-state index in [1.807, 2.05) is 14.0 Å². The van der Waals surface area contributed by atoms with Crippen molar-refractivity contribution in [2.45, 2.75) is 13.5 Å². The number of aromatic nitrogens is 3. The number of ether oxygens (including phenoxy) is 2. The summed E-state index contributed by atoms with van der Waals surface area (Å²) in [6, 6.07) is 4.70. The Bertz CT molecular complexity index is 637. The first-order valence-electron chi connectivity index (χ1n) is 5.92. The molecule has 7 heteroatoms. The van der Waals surface area contributed by atoms with Crippen LogP contribution in [-0.4, -0.2) is 33.0 Å². The zero-order valence-corrected chi connectivity index (χ0v) is 11.5. The Balaban J connectivity index is 2.28. The molecule has 0 aliphatic carbocycles. The summed E-state index contributed by atoms with van der Waals surface area (Å²) < 4.78 is 12.5. The van der Waals surface area contributed by atoms with Crippen LogP contribution in [0, 0.1) is 6.92 Å². The van der Waals surface area contributed by atoms with Gasteiger partial charge in [0.2, 0.25) is 0 Å². The molecule has 0 aliphatic heterocycles. The van der Waals surface area contributed by atoms with Gasteiger partial charge in [0.05, 0.1) is 7.11 Å². The highest BCUT2D eigenvalue weighted by Gasteiger charge is 2.17. The Morgan fingerprint density at radius 3 is 2.70 bits per heavy atom. The Morgan fingerprint density at radius 1 is 1.40 bits per heavy atom. The van der Waals surface area contributed by atoms with Gasteiger partial charge < -0.3 is 19.1 Å². The summed E-state index contributed by atoms with van der Waals surface area (Å²) >= 11 is 0. The zero-order chi connectivity index (χ0) is 14.7. The molecule has 0 radical (unpaired) electrons. The van der Waals surface area contributed by atoms with Crippen LogP contribution in [0.4, 0.5) is 0 Å². The number of aryl methyl sites for hydroxylation is 1. The first-order chi connectivity index (χ1) is 9.54. The average molecular weight is 277 g/mol. The fourth-order valence-corrected chi connectivity index (χ4v) is 1.71. The summed E-state index contributed by atoms with van der Waals surface area (Å²) in [7, 11) is 3.27. The Morgan fingerprint density at radius 2 is 2.15 bits per heavy atom. The van der Waals surface area contributed by atoms with Crippen molar-refractivity contribution in [2.24, 2.45) is 7.05 Å². The van der Waals surface area contributed by atoms with E-state index in [2.05, 4.69) is 10.2 Å². The maximum Gasteiger partial charge on any atom is 0.339 e. The van der Waals surface area contributed by atoms with Crippen LogP contribution >= 0.6 is 0 Å². The minimum atomic E-state index is -1.08. The third-order valence-corrected chi connectivity index (χ3v) is 2.96. The largest absolute Gasteiger partial charge is 0.493 e. The van der Waals surface area contributed by atoms with Gasteiger partial charge in [-0.05, 0) is 19.1 Å².